The molecule has 0 saturated carbocycles. The molecule has 0 atom stereocenters. The molecule has 102 valence electrons. The van der Waals surface area contributed by atoms with Crippen LogP contribution in [0.15, 0.2) is 30.5 Å². The van der Waals surface area contributed by atoms with Gasteiger partial charge in [-0.05, 0) is 24.3 Å². The van der Waals surface area contributed by atoms with Gasteiger partial charge in [0.2, 0.25) is 0 Å². The summed E-state index contributed by atoms with van der Waals surface area (Å²) in [6.07, 6.45) is 1.65. The number of rotatable bonds is 5. The summed E-state index contributed by atoms with van der Waals surface area (Å²) in [4.78, 5) is 4.22. The van der Waals surface area contributed by atoms with Gasteiger partial charge in [-0.1, -0.05) is 6.92 Å². The molecule has 2 N–H and O–H groups in total. The number of nitrogen functional groups attached to an aromatic ring is 1. The molecule has 0 amide bonds. The summed E-state index contributed by atoms with van der Waals surface area (Å²) >= 11 is 0. The van der Waals surface area contributed by atoms with Crippen LogP contribution in [0.1, 0.15) is 6.92 Å². The first-order chi connectivity index (χ1) is 9.03. The molecular formula is C13H16N2O3S. The smallest absolute Gasteiger partial charge is 0.153 e. The van der Waals surface area contributed by atoms with Crippen molar-refractivity contribution in [2.24, 2.45) is 0 Å². The minimum absolute atomic E-state index is 0.00219. The lowest BCUT2D eigenvalue weighted by Crippen LogP contribution is -2.15. The Morgan fingerprint density at radius 3 is 2.84 bits per heavy atom. The maximum absolute atomic E-state index is 11.4. The van der Waals surface area contributed by atoms with Crippen LogP contribution in [0.4, 0.5) is 5.69 Å². The van der Waals surface area contributed by atoms with Crippen molar-refractivity contribution in [1.29, 1.82) is 0 Å². The van der Waals surface area contributed by atoms with Crippen LogP contribution >= 0.6 is 0 Å². The highest BCUT2D eigenvalue weighted by molar-refractivity contribution is 7.91. The number of fused-ring (bicyclic) bond motifs is 1. The molecular weight excluding hydrogens is 264 g/mol. The molecule has 2 aromatic rings. The van der Waals surface area contributed by atoms with Gasteiger partial charge in [0.05, 0.1) is 5.75 Å². The Bertz CT molecular complexity index is 683. The van der Waals surface area contributed by atoms with Gasteiger partial charge in [0.25, 0.3) is 0 Å². The zero-order valence-corrected chi connectivity index (χ0v) is 11.5. The Morgan fingerprint density at radius 1 is 1.32 bits per heavy atom. The molecule has 0 aliphatic heterocycles. The Morgan fingerprint density at radius 2 is 2.11 bits per heavy atom. The second-order valence-electron chi connectivity index (χ2n) is 4.14. The van der Waals surface area contributed by atoms with Gasteiger partial charge in [-0.3, -0.25) is 4.98 Å². The highest BCUT2D eigenvalue weighted by Crippen LogP contribution is 2.27. The fourth-order valence-electron chi connectivity index (χ4n) is 1.71. The van der Waals surface area contributed by atoms with E-state index in [1.54, 1.807) is 31.3 Å². The van der Waals surface area contributed by atoms with Gasteiger partial charge in [-0.25, -0.2) is 8.42 Å². The maximum Gasteiger partial charge on any atom is 0.153 e. The molecule has 0 fully saturated rings. The van der Waals surface area contributed by atoms with E-state index in [1.807, 2.05) is 6.07 Å². The summed E-state index contributed by atoms with van der Waals surface area (Å²) in [5.41, 5.74) is 7.12. The number of pyridine rings is 1. The number of hydrogen-bond donors (Lipinski definition) is 1. The fourth-order valence-corrected chi connectivity index (χ4v) is 2.33. The van der Waals surface area contributed by atoms with E-state index >= 15 is 0 Å². The van der Waals surface area contributed by atoms with E-state index in [0.29, 0.717) is 17.0 Å². The van der Waals surface area contributed by atoms with Crippen LogP contribution in [0.2, 0.25) is 0 Å². The Balaban J connectivity index is 2.20. The summed E-state index contributed by atoms with van der Waals surface area (Å²) < 4.78 is 28.3. The fraction of sp³-hybridized carbons (Fsp3) is 0.308. The lowest BCUT2D eigenvalue weighted by atomic mass is 10.2. The van der Waals surface area contributed by atoms with E-state index in [9.17, 15) is 8.42 Å². The van der Waals surface area contributed by atoms with Gasteiger partial charge >= 0.3 is 0 Å². The summed E-state index contributed by atoms with van der Waals surface area (Å²) in [5.74, 6) is 0.676. The van der Waals surface area contributed by atoms with Crippen molar-refractivity contribution in [3.63, 3.8) is 0 Å². The van der Waals surface area contributed by atoms with Crippen LogP contribution in [0.5, 0.6) is 5.75 Å². The largest absolute Gasteiger partial charge is 0.490 e. The molecule has 1 aromatic carbocycles. The zero-order chi connectivity index (χ0) is 13.9. The Hall–Kier alpha value is -1.82. The average molecular weight is 280 g/mol. The van der Waals surface area contributed by atoms with Crippen LogP contribution in [0.25, 0.3) is 10.9 Å². The summed E-state index contributed by atoms with van der Waals surface area (Å²) in [7, 11) is -3.02. The van der Waals surface area contributed by atoms with Crippen LogP contribution in [0, 0.1) is 0 Å². The summed E-state index contributed by atoms with van der Waals surface area (Å²) in [5, 5.41) is 0.804. The van der Waals surface area contributed by atoms with Gasteiger partial charge in [0.1, 0.15) is 17.9 Å². The lowest BCUT2D eigenvalue weighted by molar-refractivity contribution is 0.344. The summed E-state index contributed by atoms with van der Waals surface area (Å²) in [6.45, 7) is 1.74. The number of ether oxygens (including phenoxy) is 1. The predicted octanol–water partition coefficient (Wildman–Crippen LogP) is 1.63. The van der Waals surface area contributed by atoms with Gasteiger partial charge in [0, 0.05) is 23.0 Å². The first-order valence-electron chi connectivity index (χ1n) is 6.00. The molecule has 1 aromatic heterocycles. The monoisotopic (exact) mass is 280 g/mol. The molecule has 0 bridgehead atoms. The molecule has 0 spiro atoms. The third kappa shape index (κ3) is 3.14. The van der Waals surface area contributed by atoms with Crippen molar-refractivity contribution in [3.8, 4) is 5.75 Å². The number of hydrogen-bond acceptors (Lipinski definition) is 5. The topological polar surface area (TPSA) is 82.3 Å². The van der Waals surface area contributed by atoms with E-state index in [-0.39, 0.29) is 18.1 Å². The first-order valence-corrected chi connectivity index (χ1v) is 7.82. The van der Waals surface area contributed by atoms with Crippen molar-refractivity contribution in [3.05, 3.63) is 30.5 Å². The van der Waals surface area contributed by atoms with Gasteiger partial charge in [-0.15, -0.1) is 0 Å². The van der Waals surface area contributed by atoms with Gasteiger partial charge in [-0.2, -0.15) is 0 Å². The minimum Gasteiger partial charge on any atom is -0.490 e. The van der Waals surface area contributed by atoms with E-state index in [4.69, 9.17) is 10.5 Å². The minimum atomic E-state index is -3.02. The molecule has 19 heavy (non-hydrogen) atoms. The number of aromatic nitrogens is 1. The molecule has 1 heterocycles. The van der Waals surface area contributed by atoms with E-state index in [0.717, 1.165) is 5.39 Å². The number of sulfone groups is 1. The number of anilines is 1. The molecule has 5 nitrogen and oxygen atoms in total. The van der Waals surface area contributed by atoms with E-state index < -0.39 is 9.84 Å². The molecule has 0 aliphatic carbocycles. The third-order valence-corrected chi connectivity index (χ3v) is 4.53. The standard InChI is InChI=1S/C13H16N2O3S/c1-2-19(16,17)9-8-18-12-6-5-11(14)10-4-3-7-15-13(10)12/h3-7H,2,8-9,14H2,1H3. The van der Waals surface area contributed by atoms with Crippen LogP contribution in [-0.2, 0) is 9.84 Å². The summed E-state index contributed by atoms with van der Waals surface area (Å²) in [6, 6.07) is 7.09. The normalized spacial score (nSPS) is 11.6. The third-order valence-electron chi connectivity index (χ3n) is 2.86. The molecule has 0 saturated heterocycles. The molecule has 2 rings (SSSR count). The van der Waals surface area contributed by atoms with Crippen LogP contribution in [-0.4, -0.2) is 31.5 Å². The van der Waals surface area contributed by atoms with Crippen LogP contribution in [0.3, 0.4) is 0 Å². The molecule has 0 aliphatic rings. The van der Waals surface area contributed by atoms with Crippen molar-refractivity contribution >= 4 is 26.4 Å². The van der Waals surface area contributed by atoms with E-state index in [1.165, 1.54) is 0 Å². The first kappa shape index (κ1) is 13.6. The van der Waals surface area contributed by atoms with E-state index in [2.05, 4.69) is 4.98 Å². The number of nitrogens with zero attached hydrogens (tertiary/aromatic N) is 1. The Kier molecular flexibility index (Phi) is 3.90. The average Bonchev–Trinajstić information content (AvgIpc) is 2.42. The number of benzene rings is 1. The second kappa shape index (κ2) is 5.44. The SMILES string of the molecule is CCS(=O)(=O)CCOc1ccc(N)c2cccnc12. The quantitative estimate of drug-likeness (QED) is 0.842. The van der Waals surface area contributed by atoms with Gasteiger partial charge < -0.3 is 10.5 Å². The van der Waals surface area contributed by atoms with Crippen LogP contribution < -0.4 is 10.5 Å². The highest BCUT2D eigenvalue weighted by atomic mass is 32.2. The van der Waals surface area contributed by atoms with Crippen molar-refractivity contribution in [2.75, 3.05) is 23.8 Å². The zero-order valence-electron chi connectivity index (χ0n) is 10.7. The predicted molar refractivity (Wildman–Crippen MR) is 76.0 cm³/mol. The number of nitrogens with two attached hydrogens (primary N) is 1. The molecule has 6 heteroatoms. The maximum atomic E-state index is 11.4. The van der Waals surface area contributed by atoms with Crippen molar-refractivity contribution < 1.29 is 13.2 Å². The van der Waals surface area contributed by atoms with Crippen molar-refractivity contribution in [1.82, 2.24) is 4.98 Å². The molecule has 0 unspecified atom stereocenters. The highest BCUT2D eigenvalue weighted by Gasteiger charge is 2.10. The van der Waals surface area contributed by atoms with Gasteiger partial charge in [0.15, 0.2) is 9.84 Å². The van der Waals surface area contributed by atoms with Crippen molar-refractivity contribution in [2.45, 2.75) is 6.92 Å². The Labute approximate surface area is 112 Å². The lowest BCUT2D eigenvalue weighted by Gasteiger charge is -2.09. The molecule has 0 radical (unpaired) electrons. The second-order valence-corrected chi connectivity index (χ2v) is 6.61.